The predicted molar refractivity (Wildman–Crippen MR) is 142 cm³/mol. The summed E-state index contributed by atoms with van der Waals surface area (Å²) in [4.78, 5) is 24.6. The highest BCUT2D eigenvalue weighted by atomic mass is 16.7. The van der Waals surface area contributed by atoms with Crippen molar-refractivity contribution in [3.8, 4) is 11.5 Å². The number of ether oxygens (including phenoxy) is 2. The molecule has 2 heterocycles. The fourth-order valence-corrected chi connectivity index (χ4v) is 4.96. The van der Waals surface area contributed by atoms with Gasteiger partial charge in [0.25, 0.3) is 5.79 Å². The summed E-state index contributed by atoms with van der Waals surface area (Å²) in [7, 11) is 0. The van der Waals surface area contributed by atoms with Crippen LogP contribution in [0.5, 0.6) is 11.5 Å². The number of aromatic nitrogens is 1. The molecule has 1 N–H and O–H groups in total. The Labute approximate surface area is 216 Å². The molecular formula is C31H31NO5. The average Bonchev–Trinajstić information content (AvgIpc) is 3.41. The number of nitrogens with zero attached hydrogens (tertiary/aromatic N) is 1. The summed E-state index contributed by atoms with van der Waals surface area (Å²) >= 11 is 0. The fraction of sp³-hybridized carbons (Fsp3) is 0.290. The van der Waals surface area contributed by atoms with E-state index in [9.17, 15) is 9.59 Å². The second-order valence-corrected chi connectivity index (χ2v) is 10.2. The average molecular weight is 498 g/mol. The summed E-state index contributed by atoms with van der Waals surface area (Å²) in [6, 6.07) is 21.3. The van der Waals surface area contributed by atoms with E-state index < -0.39 is 11.8 Å². The van der Waals surface area contributed by atoms with E-state index in [2.05, 4.69) is 26.0 Å². The SMILES string of the molecule is CC(C)Cc1ccc([C@]2(C)Oc3ccc(C(=O)c4cn(CCCC(=O)O)c5ccccc45)cc3O2)cc1. The van der Waals surface area contributed by atoms with E-state index in [0.29, 0.717) is 41.5 Å². The normalized spacial score (nSPS) is 16.4. The lowest BCUT2D eigenvalue weighted by atomic mass is 9.99. The lowest BCUT2D eigenvalue weighted by Gasteiger charge is -2.23. The Morgan fingerprint density at radius 1 is 0.973 bits per heavy atom. The minimum absolute atomic E-state index is 0.0805. The number of fused-ring (bicyclic) bond motifs is 2. The van der Waals surface area contributed by atoms with Crippen molar-refractivity contribution in [3.05, 3.63) is 95.2 Å². The Morgan fingerprint density at radius 2 is 1.70 bits per heavy atom. The Hall–Kier alpha value is -4.06. The number of benzene rings is 3. The van der Waals surface area contributed by atoms with Crippen molar-refractivity contribution in [2.75, 3.05) is 0 Å². The van der Waals surface area contributed by atoms with E-state index in [1.807, 2.05) is 54.1 Å². The molecule has 0 amide bonds. The van der Waals surface area contributed by atoms with Crippen LogP contribution in [0.15, 0.2) is 72.9 Å². The maximum Gasteiger partial charge on any atom is 0.303 e. The number of carboxylic acids is 1. The van der Waals surface area contributed by atoms with Crippen molar-refractivity contribution in [1.29, 1.82) is 0 Å². The van der Waals surface area contributed by atoms with Gasteiger partial charge >= 0.3 is 5.97 Å². The quantitative estimate of drug-likeness (QED) is 0.264. The molecule has 0 spiro atoms. The minimum Gasteiger partial charge on any atom is -0.481 e. The molecule has 37 heavy (non-hydrogen) atoms. The molecule has 4 aromatic rings. The van der Waals surface area contributed by atoms with Crippen LogP contribution in [0.1, 0.15) is 60.7 Å². The number of carbonyl (C=O) groups excluding carboxylic acids is 1. The highest BCUT2D eigenvalue weighted by Crippen LogP contribution is 2.44. The molecule has 0 aliphatic carbocycles. The van der Waals surface area contributed by atoms with Gasteiger partial charge in [-0.1, -0.05) is 56.3 Å². The highest BCUT2D eigenvalue weighted by Gasteiger charge is 2.39. The predicted octanol–water partition coefficient (Wildman–Crippen LogP) is 6.58. The van der Waals surface area contributed by atoms with Crippen molar-refractivity contribution in [2.45, 2.75) is 52.4 Å². The van der Waals surface area contributed by atoms with Crippen LogP contribution in [0.4, 0.5) is 0 Å². The lowest BCUT2D eigenvalue weighted by molar-refractivity contribution is -0.137. The monoisotopic (exact) mass is 497 g/mol. The van der Waals surface area contributed by atoms with E-state index in [-0.39, 0.29) is 12.2 Å². The maximum atomic E-state index is 13.6. The molecule has 3 aromatic carbocycles. The van der Waals surface area contributed by atoms with Crippen LogP contribution in [0.3, 0.4) is 0 Å². The van der Waals surface area contributed by atoms with E-state index in [4.69, 9.17) is 14.6 Å². The first kappa shape index (κ1) is 24.6. The van der Waals surface area contributed by atoms with Crippen molar-refractivity contribution in [3.63, 3.8) is 0 Å². The molecule has 5 rings (SSSR count). The molecule has 0 saturated heterocycles. The summed E-state index contributed by atoms with van der Waals surface area (Å²) in [6.45, 7) is 6.81. The van der Waals surface area contributed by atoms with Gasteiger partial charge in [0.1, 0.15) is 0 Å². The van der Waals surface area contributed by atoms with Crippen molar-refractivity contribution < 1.29 is 24.2 Å². The topological polar surface area (TPSA) is 77.8 Å². The number of carbonyl (C=O) groups is 2. The van der Waals surface area contributed by atoms with Crippen LogP contribution in [-0.4, -0.2) is 21.4 Å². The molecule has 0 unspecified atom stereocenters. The Balaban J connectivity index is 1.39. The lowest BCUT2D eigenvalue weighted by Crippen LogP contribution is -2.31. The van der Waals surface area contributed by atoms with Gasteiger partial charge in [-0.2, -0.15) is 0 Å². The molecule has 6 nitrogen and oxygen atoms in total. The van der Waals surface area contributed by atoms with Crippen molar-refractivity contribution in [1.82, 2.24) is 4.57 Å². The molecule has 0 bridgehead atoms. The molecule has 1 atom stereocenters. The van der Waals surface area contributed by atoms with E-state index >= 15 is 0 Å². The van der Waals surface area contributed by atoms with Crippen LogP contribution >= 0.6 is 0 Å². The summed E-state index contributed by atoms with van der Waals surface area (Å²) in [5, 5.41) is 9.83. The number of aryl methyl sites for hydroxylation is 1. The van der Waals surface area contributed by atoms with Gasteiger partial charge in [-0.05, 0) is 48.6 Å². The zero-order valence-electron chi connectivity index (χ0n) is 21.4. The number of ketones is 1. The van der Waals surface area contributed by atoms with Crippen molar-refractivity contribution >= 4 is 22.7 Å². The molecule has 1 aliphatic rings. The van der Waals surface area contributed by atoms with Crippen LogP contribution < -0.4 is 9.47 Å². The van der Waals surface area contributed by atoms with Gasteiger partial charge in [-0.25, -0.2) is 0 Å². The third-order valence-corrected chi connectivity index (χ3v) is 6.76. The summed E-state index contributed by atoms with van der Waals surface area (Å²) < 4.78 is 14.4. The largest absolute Gasteiger partial charge is 0.481 e. The van der Waals surface area contributed by atoms with Gasteiger partial charge in [0.2, 0.25) is 0 Å². The zero-order valence-corrected chi connectivity index (χ0v) is 21.4. The molecule has 0 radical (unpaired) electrons. The van der Waals surface area contributed by atoms with Gasteiger partial charge in [-0.3, -0.25) is 9.59 Å². The van der Waals surface area contributed by atoms with Gasteiger partial charge < -0.3 is 19.1 Å². The molecule has 6 heteroatoms. The second kappa shape index (κ2) is 9.77. The number of hydrogen-bond donors (Lipinski definition) is 1. The molecule has 1 aromatic heterocycles. The summed E-state index contributed by atoms with van der Waals surface area (Å²) in [5.74, 6) is -0.205. The second-order valence-electron chi connectivity index (χ2n) is 10.2. The molecule has 0 saturated carbocycles. The fourth-order valence-electron chi connectivity index (χ4n) is 4.96. The van der Waals surface area contributed by atoms with Gasteiger partial charge in [0.05, 0.1) is 0 Å². The van der Waals surface area contributed by atoms with Gasteiger partial charge in [-0.15, -0.1) is 0 Å². The smallest absolute Gasteiger partial charge is 0.303 e. The first-order valence-electron chi connectivity index (χ1n) is 12.7. The van der Waals surface area contributed by atoms with Crippen LogP contribution in [0, 0.1) is 5.92 Å². The van der Waals surface area contributed by atoms with E-state index in [1.165, 1.54) is 5.56 Å². The van der Waals surface area contributed by atoms with E-state index in [1.54, 1.807) is 18.2 Å². The summed E-state index contributed by atoms with van der Waals surface area (Å²) in [5.41, 5.74) is 4.17. The van der Waals surface area contributed by atoms with Gasteiger partial charge in [0, 0.05) is 53.7 Å². The molecular weight excluding hydrogens is 466 g/mol. The van der Waals surface area contributed by atoms with Crippen LogP contribution in [-0.2, 0) is 23.5 Å². The standard InChI is InChI=1S/C31H31NO5/c1-20(2)17-21-10-13-23(14-11-21)31(3)36-27-15-12-22(18-28(27)37-31)30(35)25-19-32(16-6-9-29(33)34)26-8-5-4-7-24(25)26/h4-5,7-8,10-15,18-20H,6,9,16-17H2,1-3H3,(H,33,34)/t31-/m1/s1. The third-order valence-electron chi connectivity index (χ3n) is 6.76. The number of carboxylic acid groups (broad SMARTS) is 1. The van der Waals surface area contributed by atoms with Crippen molar-refractivity contribution in [2.24, 2.45) is 5.92 Å². The van der Waals surface area contributed by atoms with Crippen LogP contribution in [0.25, 0.3) is 10.9 Å². The third kappa shape index (κ3) is 4.96. The summed E-state index contributed by atoms with van der Waals surface area (Å²) in [6.07, 6.45) is 3.41. The maximum absolute atomic E-state index is 13.6. The molecule has 0 fully saturated rings. The Morgan fingerprint density at radius 3 is 2.43 bits per heavy atom. The van der Waals surface area contributed by atoms with Gasteiger partial charge in [0.15, 0.2) is 17.3 Å². The Kier molecular flexibility index (Phi) is 6.50. The number of hydrogen-bond acceptors (Lipinski definition) is 4. The molecule has 190 valence electrons. The molecule has 1 aliphatic heterocycles. The number of aliphatic carboxylic acids is 1. The first-order chi connectivity index (χ1) is 17.7. The van der Waals surface area contributed by atoms with E-state index in [0.717, 1.165) is 22.9 Å². The Bertz CT molecular complexity index is 1470. The number of para-hydroxylation sites is 1. The zero-order chi connectivity index (χ0) is 26.2. The first-order valence-corrected chi connectivity index (χ1v) is 12.7. The number of rotatable bonds is 9. The minimum atomic E-state index is -0.972. The highest BCUT2D eigenvalue weighted by molar-refractivity contribution is 6.16. The van der Waals surface area contributed by atoms with Crippen LogP contribution in [0.2, 0.25) is 0 Å².